The topological polar surface area (TPSA) is 158 Å². The van der Waals surface area contributed by atoms with Crippen molar-refractivity contribution in [1.29, 1.82) is 0 Å². The van der Waals surface area contributed by atoms with Crippen LogP contribution in [-0.4, -0.2) is 79.8 Å². The fourth-order valence-corrected chi connectivity index (χ4v) is 9.70. The van der Waals surface area contributed by atoms with Gasteiger partial charge in [0.2, 0.25) is 0 Å². The van der Waals surface area contributed by atoms with Crippen molar-refractivity contribution in [2.45, 2.75) is 120 Å². The van der Waals surface area contributed by atoms with E-state index in [0.29, 0.717) is 0 Å². The molecular weight excluding hydrogens is 975 g/mol. The highest BCUT2D eigenvalue weighted by atomic mass is 16.7. The molecule has 0 aromatic heterocycles. The smallest absolute Gasteiger partial charge is 0.303 e. The number of azide groups is 1. The molecule has 0 radical (unpaired) electrons. The summed E-state index contributed by atoms with van der Waals surface area (Å²) in [6, 6.07) is 67.1. The predicted octanol–water partition coefficient (Wildman–Crippen LogP) is 11.4. The molecule has 398 valence electrons. The summed E-state index contributed by atoms with van der Waals surface area (Å²) in [5, 5.41) is 4.41. The summed E-state index contributed by atoms with van der Waals surface area (Å²) in [5.41, 5.74) is 16.8. The maximum Gasteiger partial charge on any atom is 0.303 e. The number of esters is 1. The van der Waals surface area contributed by atoms with Gasteiger partial charge in [0, 0.05) is 11.8 Å². The Bertz CT molecular complexity index is 2840. The van der Waals surface area contributed by atoms with Crippen LogP contribution >= 0.6 is 0 Å². The van der Waals surface area contributed by atoms with Gasteiger partial charge in [0.1, 0.15) is 54.9 Å². The Kier molecular flexibility index (Phi) is 20.6. The number of carbonyl (C=O) groups is 1. The van der Waals surface area contributed by atoms with Crippen LogP contribution in [0.25, 0.3) is 10.4 Å². The molecule has 0 unspecified atom stereocenters. The average Bonchev–Trinajstić information content (AvgIpc) is 3.48. The minimum atomic E-state index is -1.38. The molecule has 1 saturated heterocycles. The summed E-state index contributed by atoms with van der Waals surface area (Å²) < 4.78 is 69.2. The average molecular weight is 1040 g/mol. The number of benzene rings is 7. The van der Waals surface area contributed by atoms with Crippen molar-refractivity contribution in [3.63, 3.8) is 0 Å². The molecule has 0 N–H and O–H groups in total. The maximum atomic E-state index is 13.7. The molecule has 7 aromatic carbocycles. The zero-order chi connectivity index (χ0) is 52.9. The van der Waals surface area contributed by atoms with Gasteiger partial charge in [-0.15, -0.1) is 0 Å². The third-order valence-corrected chi connectivity index (χ3v) is 13.4. The zero-order valence-electron chi connectivity index (χ0n) is 43.0. The van der Waals surface area contributed by atoms with E-state index in [1.807, 2.05) is 212 Å². The van der Waals surface area contributed by atoms with Crippen molar-refractivity contribution in [2.24, 2.45) is 5.11 Å². The van der Waals surface area contributed by atoms with Gasteiger partial charge in [-0.1, -0.05) is 217 Å². The van der Waals surface area contributed by atoms with Crippen LogP contribution in [0.5, 0.6) is 0 Å². The quantitative estimate of drug-likeness (QED) is 0.0220. The summed E-state index contributed by atoms with van der Waals surface area (Å²) in [5.74, 6) is -0.606. The second kappa shape index (κ2) is 28.9. The molecule has 11 atom stereocenters. The summed E-state index contributed by atoms with van der Waals surface area (Å²) >= 11 is 0. The SMILES string of the molecule is CC(=O)O[C@H]1[C@H](OCc2ccccc2)[C@@H](OCc2ccccc2)[C@@H](OCc2ccccc2)[C@H](OCc2ccccc2)[C@@H]1O[C@H]1O[C@H](COCc2ccccc2)[C@@H](OCc2ccccc2)[C@H](OCc2ccccc2)[C@H]1N=[N+]=[N-]. The normalized spacial score (nSPS) is 24.1. The van der Waals surface area contributed by atoms with E-state index >= 15 is 0 Å². The highest BCUT2D eigenvalue weighted by Gasteiger charge is 2.58. The standard InChI is InChI=1S/C63H65N3O11/c1-45(67)75-61-59(73-42-51-33-19-7-20-34-51)57(71-40-49-29-15-5-16-30-49)58(72-41-50-31-17-6-18-32-50)60(74-43-52-35-21-8-22-36-52)62(61)77-63-54(65-66-64)56(70-39-48-27-13-4-14-28-48)55(69-38-47-25-11-3-12-26-47)53(76-63)44-68-37-46-23-9-2-10-24-46/h2-36,53-63H,37-44H2,1H3/t53-,54-,55-,56-,57+,58-,59-,60+,61+,62+,63-/m1/s1. The number of hydrogen-bond donors (Lipinski definition) is 0. The Hall–Kier alpha value is -7.04. The summed E-state index contributed by atoms with van der Waals surface area (Å²) in [6.45, 7) is 2.46. The maximum absolute atomic E-state index is 13.7. The van der Waals surface area contributed by atoms with Crippen LogP contribution in [0.3, 0.4) is 0 Å². The molecule has 0 spiro atoms. The molecule has 2 aliphatic rings. The number of carbonyl (C=O) groups excluding carboxylic acids is 1. The van der Waals surface area contributed by atoms with Crippen LogP contribution in [0.1, 0.15) is 45.9 Å². The fourth-order valence-electron chi connectivity index (χ4n) is 9.70. The Morgan fingerprint density at radius 3 is 1.05 bits per heavy atom. The van der Waals surface area contributed by atoms with E-state index in [1.54, 1.807) is 0 Å². The van der Waals surface area contributed by atoms with E-state index in [4.69, 9.17) is 47.4 Å². The first-order chi connectivity index (χ1) is 38.0. The molecule has 0 bridgehead atoms. The van der Waals surface area contributed by atoms with E-state index in [2.05, 4.69) is 10.0 Å². The van der Waals surface area contributed by atoms with E-state index in [-0.39, 0.29) is 52.9 Å². The second-order valence-electron chi connectivity index (χ2n) is 19.0. The van der Waals surface area contributed by atoms with Crippen molar-refractivity contribution in [3.05, 3.63) is 262 Å². The van der Waals surface area contributed by atoms with Crippen LogP contribution < -0.4 is 0 Å². The molecule has 0 amide bonds. The molecule has 77 heavy (non-hydrogen) atoms. The monoisotopic (exact) mass is 1040 g/mol. The van der Waals surface area contributed by atoms with E-state index in [9.17, 15) is 10.3 Å². The second-order valence-corrected chi connectivity index (χ2v) is 19.0. The van der Waals surface area contributed by atoms with Gasteiger partial charge < -0.3 is 47.4 Å². The zero-order valence-corrected chi connectivity index (χ0v) is 43.0. The van der Waals surface area contributed by atoms with Crippen molar-refractivity contribution >= 4 is 5.97 Å². The Labute approximate surface area is 450 Å². The van der Waals surface area contributed by atoms with Crippen molar-refractivity contribution in [1.82, 2.24) is 0 Å². The first-order valence-electron chi connectivity index (χ1n) is 26.1. The highest BCUT2D eigenvalue weighted by Crippen LogP contribution is 2.39. The van der Waals surface area contributed by atoms with Crippen LogP contribution in [0.4, 0.5) is 0 Å². The molecule has 7 aromatic rings. The summed E-state index contributed by atoms with van der Waals surface area (Å²) in [4.78, 5) is 17.1. The third-order valence-electron chi connectivity index (χ3n) is 13.4. The molecule has 1 aliphatic heterocycles. The Morgan fingerprint density at radius 2 is 0.714 bits per heavy atom. The van der Waals surface area contributed by atoms with Gasteiger partial charge in [-0.25, -0.2) is 0 Å². The number of hydrogen-bond acceptors (Lipinski definition) is 12. The highest BCUT2D eigenvalue weighted by molar-refractivity contribution is 5.66. The van der Waals surface area contributed by atoms with Gasteiger partial charge in [-0.2, -0.15) is 0 Å². The predicted molar refractivity (Wildman–Crippen MR) is 288 cm³/mol. The lowest BCUT2D eigenvalue weighted by atomic mass is 9.83. The van der Waals surface area contributed by atoms with Gasteiger partial charge in [-0.3, -0.25) is 4.79 Å². The fraction of sp³-hybridized carbons (Fsp3) is 0.317. The van der Waals surface area contributed by atoms with E-state index < -0.39 is 73.2 Å². The molecule has 1 aliphatic carbocycles. The summed E-state index contributed by atoms with van der Waals surface area (Å²) in [7, 11) is 0. The van der Waals surface area contributed by atoms with Gasteiger partial charge in [0.05, 0.1) is 52.9 Å². The van der Waals surface area contributed by atoms with Crippen molar-refractivity contribution < 1.29 is 52.2 Å². The van der Waals surface area contributed by atoms with E-state index in [1.165, 1.54) is 6.92 Å². The Balaban J connectivity index is 1.15. The molecule has 9 rings (SSSR count). The molecular formula is C63H65N3O11. The first kappa shape index (κ1) is 54.7. The van der Waals surface area contributed by atoms with Crippen molar-refractivity contribution in [2.75, 3.05) is 6.61 Å². The van der Waals surface area contributed by atoms with Gasteiger partial charge in [0.15, 0.2) is 12.4 Å². The lowest BCUT2D eigenvalue weighted by Gasteiger charge is -2.51. The van der Waals surface area contributed by atoms with Crippen LogP contribution in [0.15, 0.2) is 217 Å². The van der Waals surface area contributed by atoms with Gasteiger partial charge in [0.25, 0.3) is 0 Å². The third kappa shape index (κ3) is 15.8. The lowest BCUT2D eigenvalue weighted by molar-refractivity contribution is -0.339. The minimum absolute atomic E-state index is 0.0232. The van der Waals surface area contributed by atoms with Gasteiger partial charge in [-0.05, 0) is 44.5 Å². The first-order valence-corrected chi connectivity index (χ1v) is 26.1. The van der Waals surface area contributed by atoms with Crippen LogP contribution in [0.2, 0.25) is 0 Å². The van der Waals surface area contributed by atoms with Gasteiger partial charge >= 0.3 is 5.97 Å². The molecule has 14 nitrogen and oxygen atoms in total. The molecule has 1 heterocycles. The molecule has 1 saturated carbocycles. The number of nitrogens with zero attached hydrogens (tertiary/aromatic N) is 3. The van der Waals surface area contributed by atoms with Crippen LogP contribution in [0, 0.1) is 0 Å². The number of ether oxygens (including phenoxy) is 10. The van der Waals surface area contributed by atoms with E-state index in [0.717, 1.165) is 38.9 Å². The summed E-state index contributed by atoms with van der Waals surface area (Å²) in [6.07, 6.45) is -10.5. The number of rotatable bonds is 26. The molecule has 14 heteroatoms. The molecule has 2 fully saturated rings. The minimum Gasteiger partial charge on any atom is -0.457 e. The van der Waals surface area contributed by atoms with Crippen LogP contribution in [-0.2, 0) is 98.4 Å². The Morgan fingerprint density at radius 1 is 0.416 bits per heavy atom. The lowest BCUT2D eigenvalue weighted by Crippen LogP contribution is -2.69. The van der Waals surface area contributed by atoms with Crippen molar-refractivity contribution in [3.8, 4) is 0 Å². The largest absolute Gasteiger partial charge is 0.457 e.